The minimum atomic E-state index is -2.75. The van der Waals surface area contributed by atoms with Crippen molar-refractivity contribution in [1.82, 2.24) is 24.6 Å². The zero-order valence-electron chi connectivity index (χ0n) is 28.1. The van der Waals surface area contributed by atoms with Crippen LogP contribution in [0.2, 0.25) is 0 Å². The summed E-state index contributed by atoms with van der Waals surface area (Å²) >= 11 is 1.39. The maximum Gasteiger partial charge on any atom is 0.249 e. The van der Waals surface area contributed by atoms with Crippen LogP contribution in [0.5, 0.6) is 5.75 Å². The van der Waals surface area contributed by atoms with Crippen LogP contribution in [0, 0.1) is 23.0 Å². The molecule has 2 saturated heterocycles. The third-order valence-corrected chi connectivity index (χ3v) is 11.4. The van der Waals surface area contributed by atoms with E-state index in [1.54, 1.807) is 9.80 Å². The Morgan fingerprint density at radius 1 is 1.08 bits per heavy atom. The number of methoxy groups -OCH3 is 1. The van der Waals surface area contributed by atoms with Crippen LogP contribution in [0.25, 0.3) is 32.6 Å². The first-order chi connectivity index (χ1) is 24.4. The van der Waals surface area contributed by atoms with E-state index in [2.05, 4.69) is 11.5 Å². The van der Waals surface area contributed by atoms with Crippen molar-refractivity contribution >= 4 is 39.1 Å². The fraction of sp³-hybridized carbons (Fsp3) is 0.444. The largest absolute Gasteiger partial charge is 0.490 e. The Kier molecular flexibility index (Phi) is 8.13. The molecule has 6 heterocycles. The van der Waals surface area contributed by atoms with Crippen molar-refractivity contribution in [2.75, 3.05) is 57.9 Å². The van der Waals surface area contributed by atoms with Crippen molar-refractivity contribution in [3.05, 3.63) is 59.6 Å². The van der Waals surface area contributed by atoms with Crippen molar-refractivity contribution in [2.24, 2.45) is 11.3 Å². The van der Waals surface area contributed by atoms with Gasteiger partial charge in [0.2, 0.25) is 17.7 Å². The molecule has 1 aromatic carbocycles. The Bertz CT molecular complexity index is 2060. The zero-order valence-corrected chi connectivity index (χ0v) is 28.9. The molecular weight excluding hydrogens is 688 g/mol. The summed E-state index contributed by atoms with van der Waals surface area (Å²) in [4.78, 5) is 36.1. The number of carbonyl (C=O) groups excluding carboxylic acids is 2. The van der Waals surface area contributed by atoms with Crippen molar-refractivity contribution < 1.29 is 36.6 Å². The number of alkyl halides is 2. The van der Waals surface area contributed by atoms with Crippen molar-refractivity contribution in [1.29, 1.82) is 0 Å². The number of thiophene rings is 1. The molecule has 2 amide bonds. The number of fused-ring (bicyclic) bond motifs is 2. The first-order valence-electron chi connectivity index (χ1n) is 16.9. The number of hydrogen-bond donors (Lipinski definition) is 0. The third-order valence-electron chi connectivity index (χ3n) is 10.5. The second kappa shape index (κ2) is 12.3. The number of nitrogens with zero attached hydrogens (tertiary/aromatic N) is 6. The van der Waals surface area contributed by atoms with E-state index in [0.717, 1.165) is 23.2 Å². The monoisotopic (exact) mass is 724 g/mol. The highest BCUT2D eigenvalue weighted by Crippen LogP contribution is 2.51. The number of halogens is 4. The number of anilines is 1. The Labute approximate surface area is 295 Å². The van der Waals surface area contributed by atoms with Gasteiger partial charge in [0, 0.05) is 91.8 Å². The minimum Gasteiger partial charge on any atom is -0.490 e. The summed E-state index contributed by atoms with van der Waals surface area (Å²) in [5.41, 5.74) is 1.88. The van der Waals surface area contributed by atoms with E-state index in [1.807, 2.05) is 29.1 Å². The lowest BCUT2D eigenvalue weighted by Crippen LogP contribution is -2.74. The molecule has 0 bridgehead atoms. The second-order valence-corrected chi connectivity index (χ2v) is 14.9. The lowest BCUT2D eigenvalue weighted by molar-refractivity contribution is -0.171. The average Bonchev–Trinajstić information content (AvgIpc) is 3.71. The third kappa shape index (κ3) is 5.64. The van der Waals surface area contributed by atoms with Gasteiger partial charge in [0.25, 0.3) is 0 Å². The van der Waals surface area contributed by atoms with Crippen LogP contribution >= 0.6 is 11.3 Å². The first-order valence-corrected chi connectivity index (χ1v) is 17.7. The second-order valence-electron chi connectivity index (χ2n) is 14.0. The highest BCUT2D eigenvalue weighted by molar-refractivity contribution is 7.18. The molecule has 10 nitrogen and oxygen atoms in total. The van der Waals surface area contributed by atoms with E-state index in [1.165, 1.54) is 24.5 Å². The molecule has 0 N–H and O–H groups in total. The van der Waals surface area contributed by atoms with E-state index >= 15 is 4.39 Å². The Morgan fingerprint density at radius 2 is 1.84 bits per heavy atom. The van der Waals surface area contributed by atoms with Crippen LogP contribution in [-0.2, 0) is 20.9 Å². The summed E-state index contributed by atoms with van der Waals surface area (Å²) in [5, 5.41) is 7.57. The number of carbonyl (C=O) groups is 2. The molecule has 51 heavy (non-hydrogen) atoms. The molecule has 0 unspecified atom stereocenters. The summed E-state index contributed by atoms with van der Waals surface area (Å²) in [6, 6.07) is 5.42. The highest BCUT2D eigenvalue weighted by atomic mass is 32.1. The molecule has 3 fully saturated rings. The van der Waals surface area contributed by atoms with Crippen molar-refractivity contribution in [2.45, 2.75) is 38.3 Å². The van der Waals surface area contributed by atoms with Crippen LogP contribution in [0.15, 0.2) is 42.3 Å². The number of pyridine rings is 1. The van der Waals surface area contributed by atoms with Crippen LogP contribution in [0.3, 0.4) is 0 Å². The van der Waals surface area contributed by atoms with E-state index in [9.17, 15) is 22.8 Å². The maximum absolute atomic E-state index is 16.1. The highest BCUT2D eigenvalue weighted by Gasteiger charge is 2.57. The summed E-state index contributed by atoms with van der Waals surface area (Å²) < 4.78 is 71.1. The summed E-state index contributed by atoms with van der Waals surface area (Å²) in [6.07, 6.45) is 0.512. The molecule has 3 aromatic heterocycles. The van der Waals surface area contributed by atoms with Gasteiger partial charge in [-0.25, -0.2) is 22.5 Å². The standard InChI is InChI=1S/C36H36F4N6O4S/c1-4-28(47)45-6-7-46-26(20(45)2)13-25(42-46)31-30(29-24(38)11-22(37)12-27(29)50-9-8-49-3)32-23(5-10-51-32)33(41-31)43-16-35(17-43)18-44(19-35)34(48)21-14-36(39,40)15-21/h4-5,10-13,20-21H,1,6-9,14-19H2,2-3H3/t20-/m1/s1. The topological polar surface area (TPSA) is 93.0 Å². The van der Waals surface area contributed by atoms with Gasteiger partial charge in [-0.2, -0.15) is 5.10 Å². The van der Waals surface area contributed by atoms with Gasteiger partial charge in [-0.15, -0.1) is 11.3 Å². The predicted octanol–water partition coefficient (Wildman–Crippen LogP) is 5.91. The van der Waals surface area contributed by atoms with Gasteiger partial charge in [0.1, 0.15) is 41.2 Å². The maximum atomic E-state index is 16.1. The lowest BCUT2D eigenvalue weighted by Gasteiger charge is -2.61. The van der Waals surface area contributed by atoms with E-state index in [-0.39, 0.29) is 60.6 Å². The number of hydrogen-bond acceptors (Lipinski definition) is 8. The number of ether oxygens (including phenoxy) is 2. The molecule has 15 heteroatoms. The lowest BCUT2D eigenvalue weighted by atomic mass is 9.71. The van der Waals surface area contributed by atoms with Gasteiger partial charge < -0.3 is 24.2 Å². The van der Waals surface area contributed by atoms with Crippen LogP contribution < -0.4 is 9.64 Å². The van der Waals surface area contributed by atoms with Crippen LogP contribution in [0.4, 0.5) is 23.4 Å². The quantitative estimate of drug-likeness (QED) is 0.120. The van der Waals surface area contributed by atoms with E-state index in [4.69, 9.17) is 19.6 Å². The van der Waals surface area contributed by atoms with Crippen molar-refractivity contribution in [3.63, 3.8) is 0 Å². The van der Waals surface area contributed by atoms with Gasteiger partial charge in [-0.3, -0.25) is 14.3 Å². The summed E-state index contributed by atoms with van der Waals surface area (Å²) in [5.74, 6) is -4.72. The molecule has 1 saturated carbocycles. The van der Waals surface area contributed by atoms with Gasteiger partial charge in [0.05, 0.1) is 30.5 Å². The Balaban J connectivity index is 1.19. The number of benzene rings is 1. The molecule has 1 atom stereocenters. The molecule has 8 rings (SSSR count). The van der Waals surface area contributed by atoms with Gasteiger partial charge in [0.15, 0.2) is 0 Å². The molecule has 4 aliphatic rings. The first kappa shape index (κ1) is 33.6. The molecule has 1 spiro atoms. The summed E-state index contributed by atoms with van der Waals surface area (Å²) in [7, 11) is 1.51. The molecule has 4 aromatic rings. The number of likely N-dealkylation sites (tertiary alicyclic amines) is 1. The Morgan fingerprint density at radius 3 is 2.55 bits per heavy atom. The molecule has 1 aliphatic carbocycles. The molecular formula is C36H36F4N6O4S. The zero-order chi connectivity index (χ0) is 35.8. The van der Waals surface area contributed by atoms with E-state index in [0.29, 0.717) is 66.7 Å². The Hall–Kier alpha value is -4.50. The normalized spacial score (nSPS) is 20.5. The number of rotatable bonds is 9. The predicted molar refractivity (Wildman–Crippen MR) is 183 cm³/mol. The molecule has 0 radical (unpaired) electrons. The summed E-state index contributed by atoms with van der Waals surface area (Å²) in [6.45, 7) is 8.85. The minimum absolute atomic E-state index is 0.00139. The van der Waals surface area contributed by atoms with Gasteiger partial charge >= 0.3 is 0 Å². The average molecular weight is 725 g/mol. The van der Waals surface area contributed by atoms with Crippen LogP contribution in [-0.4, -0.2) is 95.3 Å². The van der Waals surface area contributed by atoms with Gasteiger partial charge in [-0.05, 0) is 30.5 Å². The SMILES string of the molecule is C=CC(=O)N1CCn2nc(-c3nc(N4CC5(CN(C(=O)C6CC(F)(F)C6)C5)C4)c4ccsc4c3-c3c(F)cc(F)cc3OCCOC)cc2[C@H]1C. The molecule has 268 valence electrons. The van der Waals surface area contributed by atoms with Gasteiger partial charge in [-0.1, -0.05) is 6.58 Å². The fourth-order valence-corrected chi connectivity index (χ4v) is 8.91. The smallest absolute Gasteiger partial charge is 0.249 e. The van der Waals surface area contributed by atoms with E-state index < -0.39 is 23.5 Å². The van der Waals surface area contributed by atoms with Crippen LogP contribution in [0.1, 0.15) is 31.5 Å². The fourth-order valence-electron chi connectivity index (χ4n) is 7.97. The van der Waals surface area contributed by atoms with Crippen molar-refractivity contribution in [3.8, 4) is 28.3 Å². The number of amides is 2. The molecule has 3 aliphatic heterocycles. The number of aromatic nitrogens is 3.